The Kier molecular flexibility index (Phi) is 5.57. The topological polar surface area (TPSA) is 45.5 Å². The van der Waals surface area contributed by atoms with Crippen molar-refractivity contribution in [2.24, 2.45) is 0 Å². The van der Waals surface area contributed by atoms with Crippen LogP contribution >= 0.6 is 0 Å². The molecule has 0 amide bonds. The first kappa shape index (κ1) is 27.1. The van der Waals surface area contributed by atoms with Gasteiger partial charge in [-0.25, -0.2) is 4.98 Å². The summed E-state index contributed by atoms with van der Waals surface area (Å²) in [7, 11) is 0. The van der Waals surface area contributed by atoms with Gasteiger partial charge in [0.1, 0.15) is 0 Å². The first-order valence-electron chi connectivity index (χ1n) is 16.8. The SMILES string of the molecule is c1ccc(-n2ccc3cc4c(cc32)c2ccccc2n4-c2cncc(-n3c4ccccc4c4cc5c(ccn5-c5ccccc5)cc43)n2)cc1. The molecule has 0 spiro atoms. The van der Waals surface area contributed by atoms with Crippen LogP contribution in [0.4, 0.5) is 0 Å². The molecule has 5 aromatic heterocycles. The standard InChI is InChI=1S/C44H28N6/c1-3-11-31(12-4-1)47-21-19-29-23-41-35(25-39(29)47)33-15-7-9-17-37(33)49(41)43-27-45-28-44(46-43)50-38-18-10-8-16-34(38)36-26-40-30(24-42(36)50)20-22-48(40)32-13-5-2-6-14-32/h1-28H. The van der Waals surface area contributed by atoms with E-state index in [9.17, 15) is 0 Å². The number of aromatic nitrogens is 6. The van der Waals surface area contributed by atoms with E-state index in [2.05, 4.69) is 176 Å². The first-order valence-corrected chi connectivity index (χ1v) is 16.8. The smallest absolute Gasteiger partial charge is 0.158 e. The molecule has 0 bridgehead atoms. The van der Waals surface area contributed by atoms with Crippen molar-refractivity contribution in [3.8, 4) is 23.0 Å². The molecule has 234 valence electrons. The normalized spacial score (nSPS) is 12.0. The quantitative estimate of drug-likeness (QED) is 0.192. The van der Waals surface area contributed by atoms with Gasteiger partial charge in [0, 0.05) is 56.1 Å². The second-order valence-electron chi connectivity index (χ2n) is 12.8. The number of hydrogen-bond acceptors (Lipinski definition) is 2. The highest BCUT2D eigenvalue weighted by Gasteiger charge is 2.19. The highest BCUT2D eigenvalue weighted by atomic mass is 15.2. The summed E-state index contributed by atoms with van der Waals surface area (Å²) in [5, 5.41) is 7.06. The predicted molar refractivity (Wildman–Crippen MR) is 204 cm³/mol. The monoisotopic (exact) mass is 640 g/mol. The van der Waals surface area contributed by atoms with Crippen molar-refractivity contribution in [3.05, 3.63) is 170 Å². The molecule has 50 heavy (non-hydrogen) atoms. The van der Waals surface area contributed by atoms with E-state index in [-0.39, 0.29) is 0 Å². The van der Waals surface area contributed by atoms with Gasteiger partial charge < -0.3 is 9.13 Å². The average molecular weight is 641 g/mol. The van der Waals surface area contributed by atoms with Crippen LogP contribution in [-0.2, 0) is 0 Å². The van der Waals surface area contributed by atoms with E-state index >= 15 is 0 Å². The van der Waals surface area contributed by atoms with E-state index in [1.54, 1.807) is 0 Å². The van der Waals surface area contributed by atoms with Gasteiger partial charge in [-0.3, -0.25) is 14.1 Å². The third-order valence-electron chi connectivity index (χ3n) is 10.1. The molecule has 0 aliphatic carbocycles. The molecule has 0 fully saturated rings. The molecule has 6 heteroatoms. The van der Waals surface area contributed by atoms with Crippen LogP contribution in [0.1, 0.15) is 0 Å². The number of fused-ring (bicyclic) bond motifs is 8. The maximum atomic E-state index is 5.38. The second kappa shape index (κ2) is 10.3. The maximum Gasteiger partial charge on any atom is 0.158 e. The van der Waals surface area contributed by atoms with Crippen molar-refractivity contribution in [1.29, 1.82) is 0 Å². The van der Waals surface area contributed by atoms with E-state index in [4.69, 9.17) is 9.97 Å². The van der Waals surface area contributed by atoms with Crippen LogP contribution in [0.5, 0.6) is 0 Å². The lowest BCUT2D eigenvalue weighted by molar-refractivity contribution is 0.979. The summed E-state index contributed by atoms with van der Waals surface area (Å²) >= 11 is 0. The molecule has 0 aliphatic heterocycles. The fourth-order valence-corrected chi connectivity index (χ4v) is 7.88. The second-order valence-corrected chi connectivity index (χ2v) is 12.8. The summed E-state index contributed by atoms with van der Waals surface area (Å²) < 4.78 is 9.03. The van der Waals surface area contributed by atoms with E-state index in [1.165, 1.54) is 43.4 Å². The Morgan fingerprint density at radius 3 is 1.28 bits per heavy atom. The van der Waals surface area contributed by atoms with Gasteiger partial charge in [0.05, 0.1) is 45.5 Å². The Balaban J connectivity index is 1.14. The zero-order valence-corrected chi connectivity index (χ0v) is 26.8. The number of para-hydroxylation sites is 4. The maximum absolute atomic E-state index is 5.38. The minimum atomic E-state index is 0.776. The largest absolute Gasteiger partial charge is 0.317 e. The molecular weight excluding hydrogens is 613 g/mol. The Morgan fingerprint density at radius 2 is 0.800 bits per heavy atom. The van der Waals surface area contributed by atoms with Crippen molar-refractivity contribution in [2.75, 3.05) is 0 Å². The summed E-state index contributed by atoms with van der Waals surface area (Å²) in [6, 6.07) is 51.8. The van der Waals surface area contributed by atoms with Gasteiger partial charge in [-0.1, -0.05) is 72.8 Å². The number of hydrogen-bond donors (Lipinski definition) is 0. The number of benzene rings is 6. The average Bonchev–Trinajstić information content (AvgIpc) is 3.94. The van der Waals surface area contributed by atoms with Crippen molar-refractivity contribution in [1.82, 2.24) is 28.2 Å². The Labute approximate surface area is 286 Å². The van der Waals surface area contributed by atoms with Crippen LogP contribution in [0, 0.1) is 0 Å². The summed E-state index contributed by atoms with van der Waals surface area (Å²) in [5.74, 6) is 1.55. The highest BCUT2D eigenvalue weighted by molar-refractivity contribution is 6.14. The van der Waals surface area contributed by atoms with Crippen LogP contribution in [-0.4, -0.2) is 28.2 Å². The first-order chi connectivity index (χ1) is 24.8. The van der Waals surface area contributed by atoms with Gasteiger partial charge in [-0.05, 0) is 72.8 Å². The fourth-order valence-electron chi connectivity index (χ4n) is 7.88. The fraction of sp³-hybridized carbons (Fsp3) is 0. The molecule has 0 radical (unpaired) electrons. The minimum Gasteiger partial charge on any atom is -0.317 e. The van der Waals surface area contributed by atoms with Crippen molar-refractivity contribution < 1.29 is 0 Å². The molecular formula is C44H28N6. The van der Waals surface area contributed by atoms with Crippen molar-refractivity contribution >= 4 is 65.4 Å². The zero-order valence-electron chi connectivity index (χ0n) is 26.8. The van der Waals surface area contributed by atoms with Gasteiger partial charge in [-0.15, -0.1) is 0 Å². The molecule has 11 aromatic rings. The Morgan fingerprint density at radius 1 is 0.360 bits per heavy atom. The summed E-state index contributed by atoms with van der Waals surface area (Å²) in [6.07, 6.45) is 8.06. The molecule has 0 atom stereocenters. The lowest BCUT2D eigenvalue weighted by atomic mass is 10.1. The van der Waals surface area contributed by atoms with E-state index < -0.39 is 0 Å². The molecule has 0 N–H and O–H groups in total. The molecule has 0 saturated carbocycles. The Bertz CT molecular complexity index is 2880. The van der Waals surface area contributed by atoms with Gasteiger partial charge >= 0.3 is 0 Å². The van der Waals surface area contributed by atoms with E-state index in [0.29, 0.717) is 0 Å². The number of rotatable bonds is 4. The van der Waals surface area contributed by atoms with Crippen LogP contribution in [0.3, 0.4) is 0 Å². The predicted octanol–water partition coefficient (Wildman–Crippen LogP) is 10.6. The lowest BCUT2D eigenvalue weighted by Gasteiger charge is -2.11. The van der Waals surface area contributed by atoms with Gasteiger partial charge in [0.25, 0.3) is 0 Å². The van der Waals surface area contributed by atoms with Crippen molar-refractivity contribution in [3.63, 3.8) is 0 Å². The van der Waals surface area contributed by atoms with Crippen LogP contribution in [0.15, 0.2) is 170 Å². The summed E-state index contributed by atoms with van der Waals surface area (Å²) in [5.41, 5.74) is 9.02. The van der Waals surface area contributed by atoms with Gasteiger partial charge in [-0.2, -0.15) is 0 Å². The van der Waals surface area contributed by atoms with Gasteiger partial charge in [0.15, 0.2) is 11.6 Å². The Hall–Kier alpha value is -6.92. The van der Waals surface area contributed by atoms with Crippen LogP contribution in [0.2, 0.25) is 0 Å². The molecule has 6 aromatic carbocycles. The zero-order chi connectivity index (χ0) is 32.8. The number of nitrogens with zero attached hydrogens (tertiary/aromatic N) is 6. The molecule has 0 saturated heterocycles. The van der Waals surface area contributed by atoms with E-state index in [1.807, 2.05) is 12.4 Å². The molecule has 5 heterocycles. The van der Waals surface area contributed by atoms with Crippen LogP contribution in [0.25, 0.3) is 88.4 Å². The minimum absolute atomic E-state index is 0.776. The molecule has 0 aliphatic rings. The molecule has 0 unspecified atom stereocenters. The third-order valence-corrected chi connectivity index (χ3v) is 10.1. The van der Waals surface area contributed by atoms with Crippen molar-refractivity contribution in [2.45, 2.75) is 0 Å². The molecule has 11 rings (SSSR count). The molecule has 6 nitrogen and oxygen atoms in total. The highest BCUT2D eigenvalue weighted by Crippen LogP contribution is 2.38. The summed E-state index contributed by atoms with van der Waals surface area (Å²) in [6.45, 7) is 0. The summed E-state index contributed by atoms with van der Waals surface area (Å²) in [4.78, 5) is 10.2. The van der Waals surface area contributed by atoms with Gasteiger partial charge in [0.2, 0.25) is 0 Å². The van der Waals surface area contributed by atoms with E-state index in [0.717, 1.165) is 45.1 Å². The van der Waals surface area contributed by atoms with Crippen LogP contribution < -0.4 is 0 Å². The third kappa shape index (κ3) is 3.84. The lowest BCUT2D eigenvalue weighted by Crippen LogP contribution is -2.04.